The van der Waals surface area contributed by atoms with Gasteiger partial charge in [-0.3, -0.25) is 0 Å². The normalized spacial score (nSPS) is 11.9. The van der Waals surface area contributed by atoms with E-state index in [0.29, 0.717) is 17.3 Å². The molecular weight excluding hydrogens is 400 g/mol. The van der Waals surface area contributed by atoms with Crippen molar-refractivity contribution in [2.75, 3.05) is 6.61 Å². The molecule has 0 radical (unpaired) electrons. The van der Waals surface area contributed by atoms with Crippen LogP contribution in [-0.4, -0.2) is 22.8 Å². The highest BCUT2D eigenvalue weighted by Gasteiger charge is 2.21. The molecule has 0 spiro atoms. The summed E-state index contributed by atoms with van der Waals surface area (Å²) in [6.07, 6.45) is 10.8. The number of rotatable bonds is 14. The SMILES string of the molecule is CCCCCCCCCCC(COC(=O)c1ccccc1)c1nnc(-c2ccccc2)o1. The summed E-state index contributed by atoms with van der Waals surface area (Å²) in [6.45, 7) is 2.48. The van der Waals surface area contributed by atoms with Gasteiger partial charge in [-0.2, -0.15) is 0 Å². The molecule has 1 unspecified atom stereocenters. The minimum absolute atomic E-state index is 0.104. The third-order valence-corrected chi connectivity index (χ3v) is 5.64. The van der Waals surface area contributed by atoms with Crippen molar-refractivity contribution >= 4 is 5.97 Å². The van der Waals surface area contributed by atoms with Crippen molar-refractivity contribution in [2.45, 2.75) is 70.6 Å². The summed E-state index contributed by atoms with van der Waals surface area (Å²) >= 11 is 0. The second-order valence-electron chi connectivity index (χ2n) is 8.24. The Labute approximate surface area is 191 Å². The molecule has 0 amide bonds. The number of aromatic nitrogens is 2. The van der Waals surface area contributed by atoms with E-state index in [4.69, 9.17) is 9.15 Å². The quantitative estimate of drug-likeness (QED) is 0.198. The van der Waals surface area contributed by atoms with Crippen LogP contribution in [0.4, 0.5) is 0 Å². The van der Waals surface area contributed by atoms with E-state index < -0.39 is 0 Å². The maximum absolute atomic E-state index is 12.4. The van der Waals surface area contributed by atoms with E-state index in [1.807, 2.05) is 48.5 Å². The average Bonchev–Trinajstić information content (AvgIpc) is 3.34. The molecular formula is C27H34N2O3. The van der Waals surface area contributed by atoms with Crippen LogP contribution in [0.2, 0.25) is 0 Å². The lowest BCUT2D eigenvalue weighted by atomic mass is 10.0. The molecule has 0 aliphatic heterocycles. The van der Waals surface area contributed by atoms with Gasteiger partial charge in [-0.05, 0) is 30.7 Å². The zero-order valence-corrected chi connectivity index (χ0v) is 19.0. The molecule has 5 heteroatoms. The number of carbonyl (C=O) groups is 1. The van der Waals surface area contributed by atoms with Crippen LogP contribution in [0, 0.1) is 0 Å². The number of ether oxygens (including phenoxy) is 1. The van der Waals surface area contributed by atoms with Crippen molar-refractivity contribution in [1.29, 1.82) is 0 Å². The van der Waals surface area contributed by atoms with Gasteiger partial charge in [-0.25, -0.2) is 4.79 Å². The number of unbranched alkanes of at least 4 members (excludes halogenated alkanes) is 7. The summed E-state index contributed by atoms with van der Waals surface area (Å²) in [5, 5.41) is 8.51. The fourth-order valence-electron chi connectivity index (χ4n) is 3.73. The number of hydrogen-bond acceptors (Lipinski definition) is 5. The van der Waals surface area contributed by atoms with Gasteiger partial charge in [0.15, 0.2) is 0 Å². The Kier molecular flexibility index (Phi) is 9.97. The van der Waals surface area contributed by atoms with Gasteiger partial charge in [0, 0.05) is 5.56 Å². The number of carbonyl (C=O) groups excluding carboxylic acids is 1. The van der Waals surface area contributed by atoms with E-state index in [0.717, 1.165) is 24.8 Å². The van der Waals surface area contributed by atoms with Crippen LogP contribution < -0.4 is 0 Å². The number of hydrogen-bond donors (Lipinski definition) is 0. The largest absolute Gasteiger partial charge is 0.461 e. The minimum atomic E-state index is -0.325. The fraction of sp³-hybridized carbons (Fsp3) is 0.444. The van der Waals surface area contributed by atoms with E-state index >= 15 is 0 Å². The molecule has 0 aliphatic carbocycles. The van der Waals surface area contributed by atoms with Crippen molar-refractivity contribution < 1.29 is 13.9 Å². The topological polar surface area (TPSA) is 65.2 Å². The Morgan fingerprint density at radius 1 is 0.844 bits per heavy atom. The smallest absolute Gasteiger partial charge is 0.338 e. The van der Waals surface area contributed by atoms with E-state index in [1.165, 1.54) is 38.5 Å². The van der Waals surface area contributed by atoms with E-state index in [-0.39, 0.29) is 18.5 Å². The standard InChI is InChI=1S/C27H34N2O3/c1-2-3-4-5-6-7-8-11-20-24(21-31-27(30)23-18-14-10-15-19-23)26-29-28-25(32-26)22-16-12-9-13-17-22/h9-10,12-19,24H,2-8,11,20-21H2,1H3. The number of esters is 1. The van der Waals surface area contributed by atoms with Crippen molar-refractivity contribution in [3.05, 3.63) is 72.1 Å². The van der Waals surface area contributed by atoms with E-state index in [2.05, 4.69) is 17.1 Å². The van der Waals surface area contributed by atoms with Crippen LogP contribution in [0.25, 0.3) is 11.5 Å². The van der Waals surface area contributed by atoms with Crippen LogP contribution >= 0.6 is 0 Å². The molecule has 170 valence electrons. The zero-order chi connectivity index (χ0) is 22.4. The van der Waals surface area contributed by atoms with Crippen LogP contribution in [0.5, 0.6) is 0 Å². The van der Waals surface area contributed by atoms with Crippen molar-refractivity contribution in [1.82, 2.24) is 10.2 Å². The zero-order valence-electron chi connectivity index (χ0n) is 19.0. The highest BCUT2D eigenvalue weighted by molar-refractivity contribution is 5.89. The van der Waals surface area contributed by atoms with Crippen LogP contribution in [0.1, 0.15) is 86.9 Å². The third-order valence-electron chi connectivity index (χ3n) is 5.64. The van der Waals surface area contributed by atoms with Gasteiger partial charge in [-0.1, -0.05) is 94.7 Å². The van der Waals surface area contributed by atoms with Crippen molar-refractivity contribution in [2.24, 2.45) is 0 Å². The molecule has 0 fully saturated rings. The van der Waals surface area contributed by atoms with Crippen LogP contribution in [0.3, 0.4) is 0 Å². The maximum atomic E-state index is 12.4. The third kappa shape index (κ3) is 7.63. The lowest BCUT2D eigenvalue weighted by molar-refractivity contribution is 0.0463. The molecule has 32 heavy (non-hydrogen) atoms. The summed E-state index contributed by atoms with van der Waals surface area (Å²) in [7, 11) is 0. The molecule has 0 saturated carbocycles. The first kappa shape index (κ1) is 23.7. The molecule has 3 aromatic rings. The Hall–Kier alpha value is -2.95. The lowest BCUT2D eigenvalue weighted by Crippen LogP contribution is -2.14. The van der Waals surface area contributed by atoms with Gasteiger partial charge in [0.05, 0.1) is 11.5 Å². The van der Waals surface area contributed by atoms with Crippen molar-refractivity contribution in [3.63, 3.8) is 0 Å². The predicted molar refractivity (Wildman–Crippen MR) is 126 cm³/mol. The fourth-order valence-corrected chi connectivity index (χ4v) is 3.73. The molecule has 1 heterocycles. The Morgan fingerprint density at radius 3 is 2.16 bits per heavy atom. The summed E-state index contributed by atoms with van der Waals surface area (Å²) in [6, 6.07) is 18.8. The molecule has 1 atom stereocenters. The van der Waals surface area contributed by atoms with Crippen LogP contribution in [0.15, 0.2) is 65.1 Å². The number of benzene rings is 2. The first-order valence-electron chi connectivity index (χ1n) is 11.9. The highest BCUT2D eigenvalue weighted by Crippen LogP contribution is 2.26. The van der Waals surface area contributed by atoms with Gasteiger partial charge in [0.1, 0.15) is 6.61 Å². The maximum Gasteiger partial charge on any atom is 0.338 e. The molecule has 1 aromatic heterocycles. The molecule has 2 aromatic carbocycles. The molecule has 0 N–H and O–H groups in total. The molecule has 5 nitrogen and oxygen atoms in total. The average molecular weight is 435 g/mol. The van der Waals surface area contributed by atoms with Crippen LogP contribution in [-0.2, 0) is 4.74 Å². The van der Waals surface area contributed by atoms with E-state index in [1.54, 1.807) is 12.1 Å². The van der Waals surface area contributed by atoms with Gasteiger partial charge in [0.25, 0.3) is 0 Å². The van der Waals surface area contributed by atoms with Gasteiger partial charge >= 0.3 is 5.97 Å². The van der Waals surface area contributed by atoms with Gasteiger partial charge in [-0.15, -0.1) is 10.2 Å². The Morgan fingerprint density at radius 2 is 1.47 bits per heavy atom. The second-order valence-corrected chi connectivity index (χ2v) is 8.24. The highest BCUT2D eigenvalue weighted by atomic mass is 16.5. The first-order valence-corrected chi connectivity index (χ1v) is 11.9. The molecule has 0 saturated heterocycles. The minimum Gasteiger partial charge on any atom is -0.461 e. The monoisotopic (exact) mass is 434 g/mol. The number of nitrogens with zero attached hydrogens (tertiary/aromatic N) is 2. The first-order chi connectivity index (χ1) is 15.8. The summed E-state index contributed by atoms with van der Waals surface area (Å²) in [4.78, 5) is 12.4. The lowest BCUT2D eigenvalue weighted by Gasteiger charge is -2.13. The van der Waals surface area contributed by atoms with Gasteiger partial charge < -0.3 is 9.15 Å². The predicted octanol–water partition coefficient (Wildman–Crippen LogP) is 7.21. The summed E-state index contributed by atoms with van der Waals surface area (Å²) in [5.74, 6) is 0.602. The van der Waals surface area contributed by atoms with Gasteiger partial charge in [0.2, 0.25) is 11.8 Å². The van der Waals surface area contributed by atoms with E-state index in [9.17, 15) is 4.79 Å². The summed E-state index contributed by atoms with van der Waals surface area (Å²) in [5.41, 5.74) is 1.44. The van der Waals surface area contributed by atoms with Crippen molar-refractivity contribution in [3.8, 4) is 11.5 Å². The molecule has 3 rings (SSSR count). The summed E-state index contributed by atoms with van der Waals surface area (Å²) < 4.78 is 11.6. The second kappa shape index (κ2) is 13.5. The Bertz CT molecular complexity index is 909. The molecule has 0 bridgehead atoms. The molecule has 0 aliphatic rings. The Balaban J connectivity index is 1.57.